The molecule has 0 fully saturated rings. The van der Waals surface area contributed by atoms with Crippen LogP contribution in [0.15, 0.2) is 24.0 Å². The number of nitrogens with zero attached hydrogens (tertiary/aromatic N) is 1. The lowest BCUT2D eigenvalue weighted by Crippen LogP contribution is -2.32. The van der Waals surface area contributed by atoms with Gasteiger partial charge in [0.25, 0.3) is 0 Å². The van der Waals surface area contributed by atoms with Crippen molar-refractivity contribution in [3.8, 4) is 11.5 Å². The van der Waals surface area contributed by atoms with Crippen molar-refractivity contribution in [3.63, 3.8) is 0 Å². The Labute approximate surface area is 126 Å². The van der Waals surface area contributed by atoms with E-state index in [1.165, 1.54) is 16.7 Å². The van der Waals surface area contributed by atoms with Gasteiger partial charge in [-0.15, -0.1) is 0 Å². The number of ether oxygens (including phenoxy) is 3. The zero-order chi connectivity index (χ0) is 14.7. The van der Waals surface area contributed by atoms with Gasteiger partial charge >= 0.3 is 0 Å². The second kappa shape index (κ2) is 6.39. The summed E-state index contributed by atoms with van der Waals surface area (Å²) in [7, 11) is 3.38. The molecule has 4 heteroatoms. The van der Waals surface area contributed by atoms with Crippen LogP contribution in [0, 0.1) is 0 Å². The van der Waals surface area contributed by atoms with Crippen molar-refractivity contribution >= 4 is 0 Å². The Balaban J connectivity index is 1.73. The van der Waals surface area contributed by atoms with Gasteiger partial charge in [0.15, 0.2) is 11.5 Å². The summed E-state index contributed by atoms with van der Waals surface area (Å²) in [4.78, 5) is 2.48. The highest BCUT2D eigenvalue weighted by Crippen LogP contribution is 2.33. The summed E-state index contributed by atoms with van der Waals surface area (Å²) in [5.41, 5.74) is 4.12. The fourth-order valence-electron chi connectivity index (χ4n) is 3.10. The van der Waals surface area contributed by atoms with Crippen molar-refractivity contribution in [3.05, 3.63) is 35.1 Å². The fourth-order valence-corrected chi connectivity index (χ4v) is 3.10. The largest absolute Gasteiger partial charge is 0.501 e. The Morgan fingerprint density at radius 3 is 2.52 bits per heavy atom. The zero-order valence-electron chi connectivity index (χ0n) is 12.9. The summed E-state index contributed by atoms with van der Waals surface area (Å²) in [6, 6.07) is 4.24. The molecule has 4 nitrogen and oxygen atoms in total. The van der Waals surface area contributed by atoms with E-state index in [4.69, 9.17) is 14.2 Å². The molecule has 0 N–H and O–H groups in total. The van der Waals surface area contributed by atoms with Crippen LogP contribution in [0.1, 0.15) is 24.0 Å². The van der Waals surface area contributed by atoms with Gasteiger partial charge < -0.3 is 14.2 Å². The summed E-state index contributed by atoms with van der Waals surface area (Å²) in [5, 5.41) is 0. The van der Waals surface area contributed by atoms with E-state index in [1.54, 1.807) is 14.2 Å². The molecule has 0 aromatic heterocycles. The molecule has 2 aliphatic rings. The summed E-state index contributed by atoms with van der Waals surface area (Å²) in [5.74, 6) is 1.64. The SMILES string of the molecule is COc1cc2c(cc1OC)CN(CC1=COCCC1)CC2. The molecule has 21 heavy (non-hydrogen) atoms. The van der Waals surface area contributed by atoms with E-state index in [0.717, 1.165) is 57.0 Å². The number of hydrogen-bond acceptors (Lipinski definition) is 4. The lowest BCUT2D eigenvalue weighted by atomic mass is 9.98. The average Bonchev–Trinajstić information content (AvgIpc) is 2.54. The summed E-state index contributed by atoms with van der Waals surface area (Å²) < 4.78 is 16.2. The van der Waals surface area contributed by atoms with E-state index in [-0.39, 0.29) is 0 Å². The number of fused-ring (bicyclic) bond motifs is 1. The minimum absolute atomic E-state index is 0.818. The van der Waals surface area contributed by atoms with Crippen molar-refractivity contribution in [2.75, 3.05) is 33.9 Å². The van der Waals surface area contributed by atoms with Gasteiger partial charge in [-0.3, -0.25) is 4.90 Å². The second-order valence-corrected chi connectivity index (χ2v) is 5.69. The molecule has 3 rings (SSSR count). The normalized spacial score (nSPS) is 18.5. The number of methoxy groups -OCH3 is 2. The lowest BCUT2D eigenvalue weighted by molar-refractivity contribution is 0.208. The molecule has 114 valence electrons. The standard InChI is InChI=1S/C17H23NO3/c1-19-16-8-14-5-6-18(10-13-4-3-7-21-12-13)11-15(14)9-17(16)20-2/h8-9,12H,3-7,10-11H2,1-2H3. The minimum Gasteiger partial charge on any atom is -0.501 e. The monoisotopic (exact) mass is 289 g/mol. The Morgan fingerprint density at radius 2 is 1.86 bits per heavy atom. The molecule has 0 radical (unpaired) electrons. The Bertz CT molecular complexity index is 539. The van der Waals surface area contributed by atoms with Crippen molar-refractivity contribution in [1.82, 2.24) is 4.90 Å². The highest BCUT2D eigenvalue weighted by atomic mass is 16.5. The molecule has 1 aromatic rings. The Morgan fingerprint density at radius 1 is 1.10 bits per heavy atom. The molecule has 2 aliphatic heterocycles. The van der Waals surface area contributed by atoms with Crippen molar-refractivity contribution in [1.29, 1.82) is 0 Å². The molecule has 0 unspecified atom stereocenters. The van der Waals surface area contributed by atoms with E-state index in [1.807, 2.05) is 6.26 Å². The van der Waals surface area contributed by atoms with Gasteiger partial charge in [0, 0.05) is 19.6 Å². The summed E-state index contributed by atoms with van der Waals surface area (Å²) in [6.45, 7) is 3.92. The van der Waals surface area contributed by atoms with Crippen molar-refractivity contribution in [2.24, 2.45) is 0 Å². The topological polar surface area (TPSA) is 30.9 Å². The van der Waals surface area contributed by atoms with E-state index < -0.39 is 0 Å². The minimum atomic E-state index is 0.818. The molecule has 0 saturated heterocycles. The first-order valence-electron chi connectivity index (χ1n) is 7.56. The van der Waals surface area contributed by atoms with E-state index in [0.29, 0.717) is 0 Å². The van der Waals surface area contributed by atoms with Crippen LogP contribution in [0.5, 0.6) is 11.5 Å². The highest BCUT2D eigenvalue weighted by molar-refractivity contribution is 5.48. The summed E-state index contributed by atoms with van der Waals surface area (Å²) in [6.07, 6.45) is 5.31. The lowest BCUT2D eigenvalue weighted by Gasteiger charge is -2.30. The predicted molar refractivity (Wildman–Crippen MR) is 81.8 cm³/mol. The van der Waals surface area contributed by atoms with Gasteiger partial charge in [-0.25, -0.2) is 0 Å². The average molecular weight is 289 g/mol. The quantitative estimate of drug-likeness (QED) is 0.853. The summed E-state index contributed by atoms with van der Waals surface area (Å²) >= 11 is 0. The molecule has 0 aliphatic carbocycles. The van der Waals surface area contributed by atoms with Gasteiger partial charge in [-0.2, -0.15) is 0 Å². The van der Waals surface area contributed by atoms with Gasteiger partial charge in [0.05, 0.1) is 27.1 Å². The first kappa shape index (κ1) is 14.3. The van der Waals surface area contributed by atoms with Crippen LogP contribution in [-0.2, 0) is 17.7 Å². The second-order valence-electron chi connectivity index (χ2n) is 5.69. The molecule has 0 amide bonds. The Hall–Kier alpha value is -1.68. The molecule has 0 spiro atoms. The third-order valence-electron chi connectivity index (χ3n) is 4.23. The number of hydrogen-bond donors (Lipinski definition) is 0. The maximum atomic E-state index is 5.43. The molecule has 1 aromatic carbocycles. The van der Waals surface area contributed by atoms with Crippen LogP contribution >= 0.6 is 0 Å². The third-order valence-corrected chi connectivity index (χ3v) is 4.23. The van der Waals surface area contributed by atoms with Crippen LogP contribution < -0.4 is 9.47 Å². The smallest absolute Gasteiger partial charge is 0.161 e. The van der Waals surface area contributed by atoms with Crippen molar-refractivity contribution in [2.45, 2.75) is 25.8 Å². The van der Waals surface area contributed by atoms with Crippen LogP contribution in [0.25, 0.3) is 0 Å². The van der Waals surface area contributed by atoms with E-state index in [2.05, 4.69) is 17.0 Å². The zero-order valence-corrected chi connectivity index (χ0v) is 12.9. The van der Waals surface area contributed by atoms with Gasteiger partial charge in [0.2, 0.25) is 0 Å². The molecular formula is C17H23NO3. The van der Waals surface area contributed by atoms with Crippen LogP contribution in [0.3, 0.4) is 0 Å². The van der Waals surface area contributed by atoms with Crippen LogP contribution in [-0.4, -0.2) is 38.8 Å². The maximum Gasteiger partial charge on any atom is 0.161 e. The first-order chi connectivity index (χ1) is 10.3. The predicted octanol–water partition coefficient (Wildman–Crippen LogP) is 2.76. The third kappa shape index (κ3) is 3.16. The molecule has 0 bridgehead atoms. The Kier molecular flexibility index (Phi) is 4.34. The number of rotatable bonds is 4. The molecule has 0 atom stereocenters. The van der Waals surface area contributed by atoms with Gasteiger partial charge in [-0.1, -0.05) is 0 Å². The van der Waals surface area contributed by atoms with Crippen LogP contribution in [0.4, 0.5) is 0 Å². The number of benzene rings is 1. The fraction of sp³-hybridized carbons (Fsp3) is 0.529. The molecular weight excluding hydrogens is 266 g/mol. The van der Waals surface area contributed by atoms with Crippen LogP contribution in [0.2, 0.25) is 0 Å². The molecule has 2 heterocycles. The highest BCUT2D eigenvalue weighted by Gasteiger charge is 2.20. The van der Waals surface area contributed by atoms with Gasteiger partial charge in [-0.05, 0) is 48.1 Å². The van der Waals surface area contributed by atoms with E-state index >= 15 is 0 Å². The van der Waals surface area contributed by atoms with Crippen molar-refractivity contribution < 1.29 is 14.2 Å². The van der Waals surface area contributed by atoms with E-state index in [9.17, 15) is 0 Å². The van der Waals surface area contributed by atoms with Gasteiger partial charge in [0.1, 0.15) is 0 Å². The first-order valence-corrected chi connectivity index (χ1v) is 7.56. The molecule has 0 saturated carbocycles. The maximum absolute atomic E-state index is 5.43.